The Bertz CT molecular complexity index is 1380. The smallest absolute Gasteiger partial charge is 0.339 e. The first kappa shape index (κ1) is 22.3. The Kier molecular flexibility index (Phi) is 6.18. The summed E-state index contributed by atoms with van der Waals surface area (Å²) in [5.74, 6) is -0.635. The van der Waals surface area contributed by atoms with Crippen LogP contribution in [0.5, 0.6) is 0 Å². The van der Waals surface area contributed by atoms with Gasteiger partial charge in [-0.25, -0.2) is 9.78 Å². The number of carbonyl (C=O) groups is 2. The van der Waals surface area contributed by atoms with Crippen molar-refractivity contribution in [1.29, 1.82) is 0 Å². The van der Waals surface area contributed by atoms with Crippen LogP contribution >= 0.6 is 22.9 Å². The maximum absolute atomic E-state index is 13.0. The van der Waals surface area contributed by atoms with Crippen LogP contribution in [-0.2, 0) is 17.6 Å². The van der Waals surface area contributed by atoms with Crippen molar-refractivity contribution in [2.45, 2.75) is 25.9 Å². The number of carbonyl (C=O) groups excluding carboxylic acids is 2. The molecule has 0 saturated heterocycles. The third-order valence-electron chi connectivity index (χ3n) is 5.78. The van der Waals surface area contributed by atoms with Gasteiger partial charge in [-0.15, -0.1) is 11.3 Å². The molecule has 34 heavy (non-hydrogen) atoms. The number of aromatic nitrogens is 1. The summed E-state index contributed by atoms with van der Waals surface area (Å²) in [5, 5.41) is 4.14. The Labute approximate surface area is 206 Å². The largest absolute Gasteiger partial charge is 0.454 e. The molecule has 0 fully saturated rings. The lowest BCUT2D eigenvalue weighted by Crippen LogP contribution is -2.23. The van der Waals surface area contributed by atoms with Gasteiger partial charge in [-0.05, 0) is 53.9 Å². The molecule has 1 amide bonds. The van der Waals surface area contributed by atoms with E-state index in [9.17, 15) is 9.59 Å². The summed E-state index contributed by atoms with van der Waals surface area (Å²) in [7, 11) is 0. The van der Waals surface area contributed by atoms with E-state index in [-0.39, 0.29) is 18.0 Å². The van der Waals surface area contributed by atoms with E-state index in [0.29, 0.717) is 34.1 Å². The molecule has 0 spiro atoms. The zero-order valence-corrected chi connectivity index (χ0v) is 20.0. The molecule has 0 radical (unpaired) electrons. The molecule has 1 aliphatic heterocycles. The molecule has 3 aromatic carbocycles. The first-order valence-corrected chi connectivity index (χ1v) is 12.1. The summed E-state index contributed by atoms with van der Waals surface area (Å²) >= 11 is 7.55. The van der Waals surface area contributed by atoms with E-state index in [1.54, 1.807) is 18.2 Å². The molecule has 2 heterocycles. The van der Waals surface area contributed by atoms with E-state index >= 15 is 0 Å². The Hall–Kier alpha value is -3.48. The van der Waals surface area contributed by atoms with Crippen molar-refractivity contribution < 1.29 is 14.3 Å². The minimum absolute atomic E-state index is 0.263. The number of aryl methyl sites for hydroxylation is 1. The lowest BCUT2D eigenvalue weighted by atomic mass is 9.93. The minimum Gasteiger partial charge on any atom is -0.454 e. The molecule has 5 nitrogen and oxygen atoms in total. The lowest BCUT2D eigenvalue weighted by Gasteiger charge is -2.25. The van der Waals surface area contributed by atoms with Crippen molar-refractivity contribution in [3.05, 3.63) is 116 Å². The van der Waals surface area contributed by atoms with E-state index in [1.807, 2.05) is 61.5 Å². The number of esters is 1. The third kappa shape index (κ3) is 4.74. The predicted octanol–water partition coefficient (Wildman–Crippen LogP) is 6.40. The first-order chi connectivity index (χ1) is 16.5. The average molecular weight is 489 g/mol. The highest BCUT2D eigenvalue weighted by Gasteiger charge is 2.28. The van der Waals surface area contributed by atoms with Crippen molar-refractivity contribution >= 4 is 39.9 Å². The van der Waals surface area contributed by atoms with Crippen molar-refractivity contribution in [1.82, 2.24) is 4.98 Å². The van der Waals surface area contributed by atoms with Gasteiger partial charge in [0, 0.05) is 28.3 Å². The number of fused-ring (bicyclic) bond motifs is 1. The Balaban J connectivity index is 1.33. The van der Waals surface area contributed by atoms with E-state index < -0.39 is 0 Å². The number of thiazole rings is 1. The van der Waals surface area contributed by atoms with Crippen molar-refractivity contribution in [2.24, 2.45) is 0 Å². The van der Waals surface area contributed by atoms with Gasteiger partial charge in [-0.2, -0.15) is 0 Å². The number of nitrogens with one attached hydrogen (secondary N) is 1. The number of hydrogen-bond acceptors (Lipinski definition) is 5. The summed E-state index contributed by atoms with van der Waals surface area (Å²) in [4.78, 5) is 31.1. The molecule has 1 atom stereocenters. The number of benzene rings is 3. The average Bonchev–Trinajstić information content (AvgIpc) is 3.17. The molecule has 1 unspecified atom stereocenters. The van der Waals surface area contributed by atoms with Gasteiger partial charge in [-0.3, -0.25) is 10.1 Å². The number of nitrogens with zero attached hydrogens (tertiary/aromatic N) is 1. The van der Waals surface area contributed by atoms with Crippen LogP contribution in [0.15, 0.2) is 72.8 Å². The van der Waals surface area contributed by atoms with Gasteiger partial charge in [0.15, 0.2) is 5.13 Å². The highest BCUT2D eigenvalue weighted by atomic mass is 35.5. The van der Waals surface area contributed by atoms with Gasteiger partial charge < -0.3 is 4.74 Å². The number of hydrogen-bond donors (Lipinski definition) is 1. The zero-order valence-electron chi connectivity index (χ0n) is 18.4. The summed E-state index contributed by atoms with van der Waals surface area (Å²) in [6.07, 6.45) is 0.851. The van der Waals surface area contributed by atoms with E-state index in [2.05, 4.69) is 10.3 Å². The van der Waals surface area contributed by atoms with Gasteiger partial charge in [-0.1, -0.05) is 54.1 Å². The van der Waals surface area contributed by atoms with E-state index in [0.717, 1.165) is 27.3 Å². The van der Waals surface area contributed by atoms with Crippen LogP contribution in [0.3, 0.4) is 0 Å². The second-order valence-electron chi connectivity index (χ2n) is 8.17. The predicted molar refractivity (Wildman–Crippen MR) is 134 cm³/mol. The van der Waals surface area contributed by atoms with E-state index in [4.69, 9.17) is 16.3 Å². The number of rotatable bonds is 5. The normalized spacial score (nSPS) is 14.9. The van der Waals surface area contributed by atoms with Gasteiger partial charge in [0.25, 0.3) is 5.91 Å². The number of amides is 1. The second-order valence-corrected chi connectivity index (χ2v) is 9.69. The number of anilines is 1. The molecule has 170 valence electrons. The monoisotopic (exact) mass is 488 g/mol. The van der Waals surface area contributed by atoms with Gasteiger partial charge in [0.2, 0.25) is 0 Å². The Morgan fingerprint density at radius 1 is 1.12 bits per heavy atom. The van der Waals surface area contributed by atoms with Gasteiger partial charge >= 0.3 is 5.97 Å². The topological polar surface area (TPSA) is 68.3 Å². The SMILES string of the molecule is Cc1nc(NC(=O)c2ccc3c(c2)CC(c2ccccc2)OC3=O)sc1Cc1cccc(Cl)c1. The molecule has 0 bridgehead atoms. The summed E-state index contributed by atoms with van der Waals surface area (Å²) < 4.78 is 5.61. The van der Waals surface area contributed by atoms with Crippen LogP contribution in [-0.4, -0.2) is 16.9 Å². The summed E-state index contributed by atoms with van der Waals surface area (Å²) in [5.41, 5.74) is 4.67. The number of cyclic esters (lactones) is 1. The fourth-order valence-electron chi connectivity index (χ4n) is 4.04. The van der Waals surface area contributed by atoms with Crippen LogP contribution in [0.4, 0.5) is 5.13 Å². The van der Waals surface area contributed by atoms with Crippen molar-refractivity contribution in [3.8, 4) is 0 Å². The molecule has 0 aliphatic carbocycles. The van der Waals surface area contributed by atoms with Gasteiger partial charge in [0.1, 0.15) is 6.10 Å². The molecular formula is C27H21ClN2O3S. The Morgan fingerprint density at radius 3 is 2.74 bits per heavy atom. The first-order valence-electron chi connectivity index (χ1n) is 10.9. The van der Waals surface area contributed by atoms with Gasteiger partial charge in [0.05, 0.1) is 11.3 Å². The second kappa shape index (κ2) is 9.41. The molecule has 7 heteroatoms. The van der Waals surface area contributed by atoms with Crippen LogP contribution in [0, 0.1) is 6.92 Å². The van der Waals surface area contributed by atoms with Crippen LogP contribution in [0.25, 0.3) is 0 Å². The van der Waals surface area contributed by atoms with Crippen molar-refractivity contribution in [2.75, 3.05) is 5.32 Å². The molecule has 1 aromatic heterocycles. The summed E-state index contributed by atoms with van der Waals surface area (Å²) in [6.45, 7) is 1.93. The molecule has 5 rings (SSSR count). The standard InChI is InChI=1S/C27H21ClN2O3S/c1-16-24(13-17-6-5-9-21(28)12-17)34-27(29-16)30-25(31)19-10-11-22-20(14-19)15-23(33-26(22)32)18-7-3-2-4-8-18/h2-12,14,23H,13,15H2,1H3,(H,29,30,31). The number of ether oxygens (including phenoxy) is 1. The summed E-state index contributed by atoms with van der Waals surface area (Å²) in [6, 6.07) is 22.4. The fraction of sp³-hybridized carbons (Fsp3) is 0.148. The van der Waals surface area contributed by atoms with Crippen LogP contribution in [0.2, 0.25) is 5.02 Å². The fourth-order valence-corrected chi connectivity index (χ4v) is 5.24. The zero-order chi connectivity index (χ0) is 23.7. The number of halogens is 1. The molecule has 1 N–H and O–H groups in total. The maximum Gasteiger partial charge on any atom is 0.339 e. The molecular weight excluding hydrogens is 468 g/mol. The molecule has 4 aromatic rings. The van der Waals surface area contributed by atoms with Crippen LogP contribution in [0.1, 0.15) is 54.1 Å². The maximum atomic E-state index is 13.0. The quantitative estimate of drug-likeness (QED) is 0.330. The van der Waals surface area contributed by atoms with E-state index in [1.165, 1.54) is 11.3 Å². The van der Waals surface area contributed by atoms with Crippen molar-refractivity contribution in [3.63, 3.8) is 0 Å². The Morgan fingerprint density at radius 2 is 1.94 bits per heavy atom. The highest BCUT2D eigenvalue weighted by Crippen LogP contribution is 2.32. The lowest BCUT2D eigenvalue weighted by molar-refractivity contribution is 0.0252. The molecule has 0 saturated carbocycles. The minimum atomic E-state index is -0.372. The third-order valence-corrected chi connectivity index (χ3v) is 7.09. The highest BCUT2D eigenvalue weighted by molar-refractivity contribution is 7.15. The molecule has 1 aliphatic rings. The van der Waals surface area contributed by atoms with Crippen LogP contribution < -0.4 is 5.32 Å².